The molecule has 0 unspecified atom stereocenters. The van der Waals surface area contributed by atoms with Crippen LogP contribution in [-0.4, -0.2) is 22.3 Å². The van der Waals surface area contributed by atoms with E-state index in [9.17, 15) is 0 Å². The summed E-state index contributed by atoms with van der Waals surface area (Å²) in [5.74, 6) is 1.41. The first-order chi connectivity index (χ1) is 9.86. The van der Waals surface area contributed by atoms with Crippen LogP contribution in [0.15, 0.2) is 60.8 Å². The fourth-order valence-electron chi connectivity index (χ4n) is 1.89. The third-order valence-electron chi connectivity index (χ3n) is 2.98. The third kappa shape index (κ3) is 2.49. The average molecular weight is 263 g/mol. The summed E-state index contributed by atoms with van der Waals surface area (Å²) in [5, 5.41) is 8.40. The molecule has 3 rings (SSSR count). The van der Waals surface area contributed by atoms with Gasteiger partial charge in [-0.05, 0) is 24.3 Å². The van der Waals surface area contributed by atoms with Crippen molar-refractivity contribution in [1.29, 1.82) is 0 Å². The lowest BCUT2D eigenvalue weighted by Gasteiger charge is -2.03. The van der Waals surface area contributed by atoms with Gasteiger partial charge in [0.2, 0.25) is 0 Å². The number of hydrogen-bond donors (Lipinski definition) is 0. The van der Waals surface area contributed by atoms with Gasteiger partial charge < -0.3 is 4.74 Å². The maximum absolute atomic E-state index is 5.13. The Labute approximate surface area is 117 Å². The van der Waals surface area contributed by atoms with Crippen molar-refractivity contribution in [1.82, 2.24) is 15.2 Å². The zero-order valence-corrected chi connectivity index (χ0v) is 11.0. The molecule has 0 bridgehead atoms. The minimum Gasteiger partial charge on any atom is -0.497 e. The summed E-state index contributed by atoms with van der Waals surface area (Å²) in [6.07, 6.45) is 1.74. The van der Waals surface area contributed by atoms with Crippen molar-refractivity contribution in [2.75, 3.05) is 7.11 Å². The molecule has 0 aliphatic carbocycles. The van der Waals surface area contributed by atoms with Gasteiger partial charge in [0.1, 0.15) is 11.4 Å². The van der Waals surface area contributed by atoms with Crippen molar-refractivity contribution >= 4 is 0 Å². The molecular formula is C16H13N3O. The highest BCUT2D eigenvalue weighted by atomic mass is 16.5. The summed E-state index contributed by atoms with van der Waals surface area (Å²) >= 11 is 0. The second-order valence-corrected chi connectivity index (χ2v) is 4.26. The van der Waals surface area contributed by atoms with Gasteiger partial charge in [-0.15, -0.1) is 10.2 Å². The number of hydrogen-bond acceptors (Lipinski definition) is 4. The predicted octanol–water partition coefficient (Wildman–Crippen LogP) is 3.21. The predicted molar refractivity (Wildman–Crippen MR) is 77.3 cm³/mol. The van der Waals surface area contributed by atoms with Crippen molar-refractivity contribution in [3.63, 3.8) is 0 Å². The van der Waals surface area contributed by atoms with Gasteiger partial charge in [-0.2, -0.15) is 0 Å². The Balaban J connectivity index is 1.89. The summed E-state index contributed by atoms with van der Waals surface area (Å²) in [6, 6.07) is 17.5. The number of methoxy groups -OCH3 is 1. The van der Waals surface area contributed by atoms with Crippen LogP contribution < -0.4 is 4.74 Å². The maximum atomic E-state index is 5.13. The van der Waals surface area contributed by atoms with Crippen LogP contribution in [0.5, 0.6) is 5.75 Å². The van der Waals surface area contributed by atoms with Gasteiger partial charge in [-0.25, -0.2) is 4.98 Å². The Hall–Kier alpha value is -2.75. The summed E-state index contributed by atoms with van der Waals surface area (Å²) in [4.78, 5) is 4.37. The molecule has 0 N–H and O–H groups in total. The van der Waals surface area contributed by atoms with Crippen LogP contribution in [0.2, 0.25) is 0 Å². The largest absolute Gasteiger partial charge is 0.497 e. The van der Waals surface area contributed by atoms with E-state index in [-0.39, 0.29) is 0 Å². The summed E-state index contributed by atoms with van der Waals surface area (Å²) < 4.78 is 5.13. The number of nitrogens with zero attached hydrogens (tertiary/aromatic N) is 3. The molecule has 4 nitrogen and oxygen atoms in total. The van der Waals surface area contributed by atoms with Crippen LogP contribution in [-0.2, 0) is 0 Å². The molecule has 0 atom stereocenters. The van der Waals surface area contributed by atoms with E-state index in [1.54, 1.807) is 13.3 Å². The fraction of sp³-hybridized carbons (Fsp3) is 0.0625. The normalized spacial score (nSPS) is 10.2. The molecule has 3 aromatic rings. The van der Waals surface area contributed by atoms with Crippen LogP contribution in [0.4, 0.5) is 0 Å². The molecule has 0 spiro atoms. The van der Waals surface area contributed by atoms with E-state index >= 15 is 0 Å². The monoisotopic (exact) mass is 263 g/mol. The Bertz CT molecular complexity index is 679. The lowest BCUT2D eigenvalue weighted by Crippen LogP contribution is -1.94. The van der Waals surface area contributed by atoms with Gasteiger partial charge in [-0.1, -0.05) is 30.3 Å². The van der Waals surface area contributed by atoms with Crippen molar-refractivity contribution in [3.05, 3.63) is 60.8 Å². The van der Waals surface area contributed by atoms with Crippen LogP contribution in [0.1, 0.15) is 0 Å². The van der Waals surface area contributed by atoms with Crippen LogP contribution in [0.3, 0.4) is 0 Å². The second kappa shape index (κ2) is 5.48. The third-order valence-corrected chi connectivity index (χ3v) is 2.98. The number of aromatic nitrogens is 3. The van der Waals surface area contributed by atoms with Crippen molar-refractivity contribution < 1.29 is 4.74 Å². The van der Waals surface area contributed by atoms with E-state index in [4.69, 9.17) is 4.74 Å². The first-order valence-corrected chi connectivity index (χ1v) is 6.26. The van der Waals surface area contributed by atoms with E-state index in [0.717, 1.165) is 22.6 Å². The molecule has 98 valence electrons. The maximum Gasteiger partial charge on any atom is 0.181 e. The Kier molecular flexibility index (Phi) is 3.37. The Morgan fingerprint density at radius 2 is 1.55 bits per heavy atom. The summed E-state index contributed by atoms with van der Waals surface area (Å²) in [6.45, 7) is 0. The molecule has 0 saturated heterocycles. The first kappa shape index (κ1) is 12.3. The van der Waals surface area contributed by atoms with E-state index in [1.807, 2.05) is 54.6 Å². The smallest absolute Gasteiger partial charge is 0.181 e. The van der Waals surface area contributed by atoms with Crippen LogP contribution in [0.25, 0.3) is 22.6 Å². The lowest BCUT2D eigenvalue weighted by molar-refractivity contribution is 0.415. The summed E-state index contributed by atoms with van der Waals surface area (Å²) in [7, 11) is 1.64. The molecule has 4 heteroatoms. The highest BCUT2D eigenvalue weighted by Crippen LogP contribution is 2.20. The molecule has 1 heterocycles. The number of rotatable bonds is 3. The first-order valence-electron chi connectivity index (χ1n) is 6.26. The van der Waals surface area contributed by atoms with Gasteiger partial charge in [0, 0.05) is 11.1 Å². The van der Waals surface area contributed by atoms with Gasteiger partial charge in [0.15, 0.2) is 5.82 Å². The molecule has 0 aliphatic heterocycles. The molecule has 0 amide bonds. The number of benzene rings is 2. The highest BCUT2D eigenvalue weighted by molar-refractivity contribution is 5.60. The Morgan fingerprint density at radius 3 is 2.15 bits per heavy atom. The quantitative estimate of drug-likeness (QED) is 0.728. The van der Waals surface area contributed by atoms with Gasteiger partial charge in [-0.3, -0.25) is 0 Å². The molecule has 0 aliphatic rings. The molecular weight excluding hydrogens is 250 g/mol. The van der Waals surface area contributed by atoms with Gasteiger partial charge >= 0.3 is 0 Å². The highest BCUT2D eigenvalue weighted by Gasteiger charge is 2.04. The second-order valence-electron chi connectivity index (χ2n) is 4.26. The zero-order chi connectivity index (χ0) is 13.8. The topological polar surface area (TPSA) is 47.9 Å². The summed E-state index contributed by atoms with van der Waals surface area (Å²) in [5.41, 5.74) is 2.69. The molecule has 0 fully saturated rings. The van der Waals surface area contributed by atoms with E-state index < -0.39 is 0 Å². The SMILES string of the molecule is COc1ccc(-c2ncc(-c3ccccc3)nn2)cc1. The Morgan fingerprint density at radius 1 is 0.800 bits per heavy atom. The molecule has 0 saturated carbocycles. The van der Waals surface area contributed by atoms with Crippen molar-refractivity contribution in [3.8, 4) is 28.4 Å². The molecule has 1 aromatic heterocycles. The van der Waals surface area contributed by atoms with Gasteiger partial charge in [0.25, 0.3) is 0 Å². The van der Waals surface area contributed by atoms with Gasteiger partial charge in [0.05, 0.1) is 13.3 Å². The van der Waals surface area contributed by atoms with Crippen LogP contribution >= 0.6 is 0 Å². The molecule has 20 heavy (non-hydrogen) atoms. The molecule has 0 radical (unpaired) electrons. The fourth-order valence-corrected chi connectivity index (χ4v) is 1.89. The minimum absolute atomic E-state index is 0.604. The number of ether oxygens (including phenoxy) is 1. The van der Waals surface area contributed by atoms with E-state index in [2.05, 4.69) is 15.2 Å². The van der Waals surface area contributed by atoms with E-state index in [1.165, 1.54) is 0 Å². The average Bonchev–Trinajstić information content (AvgIpc) is 2.56. The molecule has 2 aromatic carbocycles. The van der Waals surface area contributed by atoms with Crippen LogP contribution in [0, 0.1) is 0 Å². The minimum atomic E-state index is 0.604. The van der Waals surface area contributed by atoms with Crippen molar-refractivity contribution in [2.24, 2.45) is 0 Å². The van der Waals surface area contributed by atoms with Crippen molar-refractivity contribution in [2.45, 2.75) is 0 Å². The standard InChI is InChI=1S/C16H13N3O/c1-20-14-9-7-13(8-10-14)16-17-11-15(18-19-16)12-5-3-2-4-6-12/h2-11H,1H3. The van der Waals surface area contributed by atoms with E-state index in [0.29, 0.717) is 5.82 Å². The zero-order valence-electron chi connectivity index (χ0n) is 11.0. The lowest BCUT2D eigenvalue weighted by atomic mass is 10.1.